The van der Waals surface area contributed by atoms with Gasteiger partial charge in [0.2, 0.25) is 0 Å². The Morgan fingerprint density at radius 3 is 2.81 bits per heavy atom. The maximum Gasteiger partial charge on any atom is 0.253 e. The van der Waals surface area contributed by atoms with Crippen LogP contribution in [0.5, 0.6) is 0 Å². The first kappa shape index (κ1) is 18.0. The first-order valence-electron chi connectivity index (χ1n) is 8.64. The summed E-state index contributed by atoms with van der Waals surface area (Å²) in [5.41, 5.74) is 2.67. The minimum atomic E-state index is -3.40. The third-order valence-electron chi connectivity index (χ3n) is 4.95. The van der Waals surface area contributed by atoms with E-state index in [2.05, 4.69) is 9.97 Å². The smallest absolute Gasteiger partial charge is 0.253 e. The Labute approximate surface area is 162 Å². The van der Waals surface area contributed by atoms with Crippen LogP contribution in [0.15, 0.2) is 48.8 Å². The first-order chi connectivity index (χ1) is 13.0. The van der Waals surface area contributed by atoms with Crippen molar-refractivity contribution in [2.45, 2.75) is 11.7 Å². The summed E-state index contributed by atoms with van der Waals surface area (Å²) in [6.07, 6.45) is 1.90. The second-order valence-corrected chi connectivity index (χ2v) is 9.30. The minimum Gasteiger partial charge on any atom is -0.345 e. The normalized spacial score (nSPS) is 19.7. The highest BCUT2D eigenvalue weighted by Gasteiger charge is 2.34. The molecule has 1 unspecified atom stereocenters. The number of H-pyrrole nitrogens is 1. The van der Waals surface area contributed by atoms with Gasteiger partial charge in [0, 0.05) is 23.7 Å². The molecular formula is C19H18ClN3O3S. The molecule has 1 atom stereocenters. The molecule has 0 saturated carbocycles. The summed E-state index contributed by atoms with van der Waals surface area (Å²) in [6.45, 7) is 0.526. The molecule has 1 saturated heterocycles. The van der Waals surface area contributed by atoms with Crippen molar-refractivity contribution in [3.05, 3.63) is 64.9 Å². The van der Waals surface area contributed by atoms with Gasteiger partial charge in [-0.1, -0.05) is 29.8 Å². The Hall–Kier alpha value is -2.38. The molecule has 1 aliphatic rings. The zero-order valence-corrected chi connectivity index (χ0v) is 16.0. The number of imidazole rings is 1. The summed E-state index contributed by atoms with van der Waals surface area (Å²) in [7, 11) is -3.40. The third-order valence-corrected chi connectivity index (χ3v) is 7.40. The number of aromatic amines is 1. The number of rotatable bonds is 2. The number of benzene rings is 2. The largest absolute Gasteiger partial charge is 0.345 e. The molecule has 0 bridgehead atoms. The number of hydrogen-bond acceptors (Lipinski definition) is 4. The lowest BCUT2D eigenvalue weighted by atomic mass is 10.1. The van der Waals surface area contributed by atoms with Crippen LogP contribution in [0.3, 0.4) is 0 Å². The maximum atomic E-state index is 12.9. The van der Waals surface area contributed by atoms with Crippen molar-refractivity contribution in [2.24, 2.45) is 0 Å². The highest BCUT2D eigenvalue weighted by molar-refractivity contribution is 7.91. The number of aromatic nitrogens is 2. The maximum absolute atomic E-state index is 12.9. The van der Waals surface area contributed by atoms with Crippen molar-refractivity contribution in [3.8, 4) is 0 Å². The number of amides is 1. The van der Waals surface area contributed by atoms with Gasteiger partial charge >= 0.3 is 0 Å². The van der Waals surface area contributed by atoms with Crippen LogP contribution in [-0.4, -0.2) is 48.0 Å². The highest BCUT2D eigenvalue weighted by Crippen LogP contribution is 2.34. The van der Waals surface area contributed by atoms with Gasteiger partial charge in [-0.3, -0.25) is 4.79 Å². The zero-order chi connectivity index (χ0) is 19.0. The molecule has 27 heavy (non-hydrogen) atoms. The lowest BCUT2D eigenvalue weighted by molar-refractivity contribution is 0.0766. The SMILES string of the molecule is O=C(c1ccc2nc[nH]c2c1)N1CCC(c2ccccc2Cl)S(=O)(=O)CC1. The fourth-order valence-electron chi connectivity index (χ4n) is 3.48. The van der Waals surface area contributed by atoms with Crippen LogP contribution in [0, 0.1) is 0 Å². The number of sulfone groups is 1. The van der Waals surface area contributed by atoms with Crippen molar-refractivity contribution >= 4 is 38.4 Å². The number of nitrogens with one attached hydrogen (secondary N) is 1. The fraction of sp³-hybridized carbons (Fsp3) is 0.263. The molecule has 1 aliphatic heterocycles. The molecule has 2 aromatic carbocycles. The van der Waals surface area contributed by atoms with E-state index in [-0.39, 0.29) is 18.2 Å². The van der Waals surface area contributed by atoms with Crippen LogP contribution < -0.4 is 0 Å². The lowest BCUT2D eigenvalue weighted by Crippen LogP contribution is -2.33. The average Bonchev–Trinajstić information content (AvgIpc) is 3.06. The molecular weight excluding hydrogens is 386 g/mol. The van der Waals surface area contributed by atoms with Crippen molar-refractivity contribution in [1.29, 1.82) is 0 Å². The second kappa shape index (κ2) is 6.98. The summed E-state index contributed by atoms with van der Waals surface area (Å²) in [6, 6.07) is 12.2. The van der Waals surface area contributed by atoms with Gasteiger partial charge in [-0.25, -0.2) is 13.4 Å². The summed E-state index contributed by atoms with van der Waals surface area (Å²) in [5, 5.41) is -0.255. The molecule has 0 spiro atoms. The van der Waals surface area contributed by atoms with Crippen molar-refractivity contribution in [2.75, 3.05) is 18.8 Å². The van der Waals surface area contributed by atoms with Crippen LogP contribution in [0.2, 0.25) is 5.02 Å². The van der Waals surface area contributed by atoms with Gasteiger partial charge < -0.3 is 9.88 Å². The van der Waals surface area contributed by atoms with Gasteiger partial charge in [-0.15, -0.1) is 0 Å². The van der Waals surface area contributed by atoms with Crippen molar-refractivity contribution in [3.63, 3.8) is 0 Å². The Kier molecular flexibility index (Phi) is 4.65. The predicted octanol–water partition coefficient (Wildman–Crippen LogP) is 3.22. The molecule has 140 valence electrons. The van der Waals surface area contributed by atoms with E-state index in [0.717, 1.165) is 11.0 Å². The van der Waals surface area contributed by atoms with Gasteiger partial charge in [0.1, 0.15) is 0 Å². The van der Waals surface area contributed by atoms with Crippen molar-refractivity contribution < 1.29 is 13.2 Å². The van der Waals surface area contributed by atoms with Crippen LogP contribution in [0.1, 0.15) is 27.6 Å². The molecule has 3 aromatic rings. The Morgan fingerprint density at radius 1 is 1.19 bits per heavy atom. The molecule has 1 amide bonds. The van der Waals surface area contributed by atoms with Crippen molar-refractivity contribution in [1.82, 2.24) is 14.9 Å². The number of carbonyl (C=O) groups is 1. The Morgan fingerprint density at radius 2 is 2.00 bits per heavy atom. The van der Waals surface area contributed by atoms with Gasteiger partial charge in [0.15, 0.2) is 9.84 Å². The van der Waals surface area contributed by atoms with E-state index >= 15 is 0 Å². The van der Waals surface area contributed by atoms with Gasteiger partial charge in [0.05, 0.1) is 28.4 Å². The van der Waals surface area contributed by atoms with Crippen LogP contribution >= 0.6 is 11.6 Å². The van der Waals surface area contributed by atoms with E-state index in [9.17, 15) is 13.2 Å². The molecule has 1 fully saturated rings. The van der Waals surface area contributed by atoms with Gasteiger partial charge in [-0.2, -0.15) is 0 Å². The fourth-order valence-corrected chi connectivity index (χ4v) is 5.63. The lowest BCUT2D eigenvalue weighted by Gasteiger charge is -2.20. The topological polar surface area (TPSA) is 83.1 Å². The monoisotopic (exact) mass is 403 g/mol. The van der Waals surface area contributed by atoms with Crippen LogP contribution in [0.4, 0.5) is 0 Å². The number of carbonyl (C=O) groups excluding carboxylic acids is 1. The Bertz CT molecular complexity index is 1110. The molecule has 1 aromatic heterocycles. The highest BCUT2D eigenvalue weighted by atomic mass is 35.5. The van der Waals surface area contributed by atoms with E-state index in [4.69, 9.17) is 11.6 Å². The Balaban J connectivity index is 1.60. The van der Waals surface area contributed by atoms with Gasteiger partial charge in [-0.05, 0) is 36.2 Å². The minimum absolute atomic E-state index is 0.0824. The zero-order valence-electron chi connectivity index (χ0n) is 14.4. The third kappa shape index (κ3) is 3.44. The molecule has 0 radical (unpaired) electrons. The molecule has 0 aliphatic carbocycles. The predicted molar refractivity (Wildman–Crippen MR) is 105 cm³/mol. The van der Waals surface area contributed by atoms with E-state index in [1.54, 1.807) is 53.7 Å². The standard InChI is InChI=1S/C19H18ClN3O3S/c20-15-4-2-1-3-14(15)18-7-8-23(9-10-27(18,25)26)19(24)13-5-6-16-17(11-13)22-12-21-16/h1-6,11-12,18H,7-10H2,(H,21,22). The summed E-state index contributed by atoms with van der Waals surface area (Å²) >= 11 is 6.22. The molecule has 2 heterocycles. The quantitative estimate of drug-likeness (QED) is 0.712. The van der Waals surface area contributed by atoms with Crippen LogP contribution in [0.25, 0.3) is 11.0 Å². The number of halogens is 1. The molecule has 1 N–H and O–H groups in total. The molecule has 4 rings (SSSR count). The average molecular weight is 404 g/mol. The molecule has 6 nitrogen and oxygen atoms in total. The number of hydrogen-bond donors (Lipinski definition) is 1. The number of nitrogens with zero attached hydrogens (tertiary/aromatic N) is 2. The molecule has 8 heteroatoms. The second-order valence-electron chi connectivity index (χ2n) is 6.59. The summed E-state index contributed by atoms with van der Waals surface area (Å²) in [4.78, 5) is 21.6. The van der Waals surface area contributed by atoms with E-state index in [1.165, 1.54) is 0 Å². The van der Waals surface area contributed by atoms with E-state index in [0.29, 0.717) is 29.1 Å². The van der Waals surface area contributed by atoms with E-state index < -0.39 is 15.1 Å². The summed E-state index contributed by atoms with van der Waals surface area (Å²) < 4.78 is 25.6. The first-order valence-corrected chi connectivity index (χ1v) is 10.7. The van der Waals surface area contributed by atoms with Gasteiger partial charge in [0.25, 0.3) is 5.91 Å². The van der Waals surface area contributed by atoms with E-state index in [1.807, 2.05) is 0 Å². The summed E-state index contributed by atoms with van der Waals surface area (Å²) in [5.74, 6) is -0.262. The number of fused-ring (bicyclic) bond motifs is 1. The van der Waals surface area contributed by atoms with Crippen LogP contribution in [-0.2, 0) is 9.84 Å².